The highest BCUT2D eigenvalue weighted by atomic mass is 16.5. The molecule has 0 aromatic carbocycles. The van der Waals surface area contributed by atoms with E-state index in [0.717, 1.165) is 31.6 Å². The molecule has 1 fully saturated rings. The largest absolute Gasteiger partial charge is 0.348 e. The number of aryl methyl sites for hydroxylation is 2. The van der Waals surface area contributed by atoms with Gasteiger partial charge in [-0.25, -0.2) is 4.98 Å². The van der Waals surface area contributed by atoms with Crippen LogP contribution in [0.5, 0.6) is 0 Å². The van der Waals surface area contributed by atoms with Crippen molar-refractivity contribution in [1.82, 2.24) is 20.8 Å². The number of pyridine rings is 1. The molecule has 2 aromatic rings. The molecule has 106 valence electrons. The van der Waals surface area contributed by atoms with Crippen molar-refractivity contribution in [1.29, 1.82) is 0 Å². The van der Waals surface area contributed by atoms with Crippen molar-refractivity contribution in [3.05, 3.63) is 23.0 Å². The predicted octanol–water partition coefficient (Wildman–Crippen LogP) is 1.32. The van der Waals surface area contributed by atoms with E-state index < -0.39 is 0 Å². The quantitative estimate of drug-likeness (QED) is 0.863. The fourth-order valence-electron chi connectivity index (χ4n) is 2.63. The molecule has 0 unspecified atom stereocenters. The number of piperidine rings is 1. The monoisotopic (exact) mass is 274 g/mol. The number of nitrogens with one attached hydrogen (secondary N) is 2. The molecule has 0 saturated carbocycles. The Kier molecular flexibility index (Phi) is 3.40. The van der Waals surface area contributed by atoms with Gasteiger partial charge in [0.15, 0.2) is 0 Å². The number of amides is 1. The Balaban J connectivity index is 1.92. The van der Waals surface area contributed by atoms with E-state index in [1.165, 1.54) is 0 Å². The van der Waals surface area contributed by atoms with Crippen molar-refractivity contribution < 1.29 is 9.32 Å². The molecule has 1 atom stereocenters. The highest BCUT2D eigenvalue weighted by Gasteiger charge is 2.21. The number of nitrogens with zero attached hydrogens (tertiary/aromatic N) is 2. The molecular weight excluding hydrogens is 256 g/mol. The van der Waals surface area contributed by atoms with Crippen molar-refractivity contribution >= 4 is 17.0 Å². The van der Waals surface area contributed by atoms with Crippen LogP contribution in [0, 0.1) is 13.8 Å². The summed E-state index contributed by atoms with van der Waals surface area (Å²) in [5.41, 5.74) is 2.46. The smallest absolute Gasteiger partial charge is 0.258 e. The van der Waals surface area contributed by atoms with Crippen LogP contribution in [0.3, 0.4) is 0 Å². The summed E-state index contributed by atoms with van der Waals surface area (Å²) in [5.74, 6) is -0.0829. The molecule has 3 heterocycles. The second-order valence-electron chi connectivity index (χ2n) is 5.28. The van der Waals surface area contributed by atoms with Crippen LogP contribution < -0.4 is 10.6 Å². The molecule has 2 N–H and O–H groups in total. The third kappa shape index (κ3) is 2.38. The van der Waals surface area contributed by atoms with Gasteiger partial charge in [-0.05, 0) is 39.3 Å². The molecule has 3 rings (SSSR count). The zero-order valence-corrected chi connectivity index (χ0v) is 11.7. The standard InChI is InChI=1S/C14H18N4O2/c1-8-6-11(12-9(2)18-20-14(12)16-8)13(19)17-10-4-3-5-15-7-10/h6,10,15H,3-5,7H2,1-2H3,(H,17,19)/t10-/m0/s1. The predicted molar refractivity (Wildman–Crippen MR) is 74.6 cm³/mol. The highest BCUT2D eigenvalue weighted by molar-refractivity contribution is 6.06. The number of rotatable bonds is 2. The Morgan fingerprint density at radius 2 is 2.35 bits per heavy atom. The van der Waals surface area contributed by atoms with E-state index >= 15 is 0 Å². The Morgan fingerprint density at radius 1 is 1.50 bits per heavy atom. The number of aromatic nitrogens is 2. The van der Waals surface area contributed by atoms with E-state index in [9.17, 15) is 4.79 Å². The number of hydrogen-bond donors (Lipinski definition) is 2. The first-order chi connectivity index (χ1) is 9.65. The van der Waals surface area contributed by atoms with Crippen molar-refractivity contribution in [2.75, 3.05) is 13.1 Å². The van der Waals surface area contributed by atoms with E-state index in [1.54, 1.807) is 6.07 Å². The van der Waals surface area contributed by atoms with Crippen LogP contribution in [0.1, 0.15) is 34.6 Å². The van der Waals surface area contributed by atoms with Gasteiger partial charge in [-0.15, -0.1) is 0 Å². The van der Waals surface area contributed by atoms with Gasteiger partial charge in [-0.2, -0.15) is 0 Å². The molecule has 2 aromatic heterocycles. The van der Waals surface area contributed by atoms with Gasteiger partial charge in [0.2, 0.25) is 0 Å². The maximum atomic E-state index is 12.5. The van der Waals surface area contributed by atoms with Crippen LogP contribution in [0.4, 0.5) is 0 Å². The Hall–Kier alpha value is -1.95. The minimum atomic E-state index is -0.0829. The Bertz CT molecular complexity index is 644. The van der Waals surface area contributed by atoms with Crippen LogP contribution in [0.2, 0.25) is 0 Å². The molecule has 0 spiro atoms. The average molecular weight is 274 g/mol. The highest BCUT2D eigenvalue weighted by Crippen LogP contribution is 2.22. The summed E-state index contributed by atoms with van der Waals surface area (Å²) >= 11 is 0. The summed E-state index contributed by atoms with van der Waals surface area (Å²) < 4.78 is 5.16. The summed E-state index contributed by atoms with van der Waals surface area (Å²) in [6, 6.07) is 1.97. The number of fused-ring (bicyclic) bond motifs is 1. The molecule has 6 nitrogen and oxygen atoms in total. The fourth-order valence-corrected chi connectivity index (χ4v) is 2.63. The summed E-state index contributed by atoms with van der Waals surface area (Å²) in [5, 5.41) is 11.0. The van der Waals surface area contributed by atoms with Crippen LogP contribution in [-0.2, 0) is 0 Å². The molecule has 6 heteroatoms. The lowest BCUT2D eigenvalue weighted by Gasteiger charge is -2.23. The van der Waals surface area contributed by atoms with Gasteiger partial charge in [-0.3, -0.25) is 4.79 Å². The molecular formula is C14H18N4O2. The minimum Gasteiger partial charge on any atom is -0.348 e. The molecule has 1 saturated heterocycles. The van der Waals surface area contributed by atoms with Crippen LogP contribution >= 0.6 is 0 Å². The zero-order valence-electron chi connectivity index (χ0n) is 11.7. The van der Waals surface area contributed by atoms with Crippen LogP contribution in [-0.4, -0.2) is 35.2 Å². The molecule has 0 radical (unpaired) electrons. The summed E-state index contributed by atoms with van der Waals surface area (Å²) in [4.78, 5) is 16.8. The second kappa shape index (κ2) is 5.20. The fraction of sp³-hybridized carbons (Fsp3) is 0.500. The first-order valence-electron chi connectivity index (χ1n) is 6.90. The Morgan fingerprint density at radius 3 is 3.10 bits per heavy atom. The molecule has 1 aliphatic heterocycles. The molecule has 1 aliphatic rings. The number of hydrogen-bond acceptors (Lipinski definition) is 5. The normalized spacial score (nSPS) is 19.2. The number of carbonyl (C=O) groups is 1. The van der Waals surface area contributed by atoms with Crippen molar-refractivity contribution in [3.8, 4) is 0 Å². The SMILES string of the molecule is Cc1cc(C(=O)N[C@H]2CCCNC2)c2c(C)noc2n1. The number of carbonyl (C=O) groups excluding carboxylic acids is 1. The van der Waals surface area contributed by atoms with Gasteiger partial charge in [0.05, 0.1) is 16.6 Å². The van der Waals surface area contributed by atoms with Crippen LogP contribution in [0.15, 0.2) is 10.6 Å². The summed E-state index contributed by atoms with van der Waals surface area (Å²) in [6.07, 6.45) is 2.09. The van der Waals surface area contributed by atoms with Gasteiger partial charge >= 0.3 is 0 Å². The first kappa shape index (κ1) is 13.1. The van der Waals surface area contributed by atoms with Gasteiger partial charge in [0.25, 0.3) is 11.6 Å². The molecule has 1 amide bonds. The van der Waals surface area contributed by atoms with E-state index in [1.807, 2.05) is 13.8 Å². The topological polar surface area (TPSA) is 80.0 Å². The van der Waals surface area contributed by atoms with Crippen molar-refractivity contribution in [2.24, 2.45) is 0 Å². The molecule has 0 bridgehead atoms. The maximum absolute atomic E-state index is 12.5. The van der Waals surface area contributed by atoms with Crippen molar-refractivity contribution in [2.45, 2.75) is 32.7 Å². The molecule has 20 heavy (non-hydrogen) atoms. The third-order valence-corrected chi connectivity index (χ3v) is 3.62. The lowest BCUT2D eigenvalue weighted by molar-refractivity contribution is 0.0932. The lowest BCUT2D eigenvalue weighted by Crippen LogP contribution is -2.45. The molecule has 0 aliphatic carbocycles. The van der Waals surface area contributed by atoms with Gasteiger partial charge < -0.3 is 15.2 Å². The third-order valence-electron chi connectivity index (χ3n) is 3.62. The Labute approximate surface area is 116 Å². The van der Waals surface area contributed by atoms with E-state index in [4.69, 9.17) is 4.52 Å². The van der Waals surface area contributed by atoms with E-state index in [0.29, 0.717) is 22.4 Å². The summed E-state index contributed by atoms with van der Waals surface area (Å²) in [6.45, 7) is 5.51. The van der Waals surface area contributed by atoms with Gasteiger partial charge in [-0.1, -0.05) is 5.16 Å². The summed E-state index contributed by atoms with van der Waals surface area (Å²) in [7, 11) is 0. The average Bonchev–Trinajstić information content (AvgIpc) is 2.80. The maximum Gasteiger partial charge on any atom is 0.258 e. The van der Waals surface area contributed by atoms with Gasteiger partial charge in [0.1, 0.15) is 0 Å². The van der Waals surface area contributed by atoms with Crippen molar-refractivity contribution in [3.63, 3.8) is 0 Å². The van der Waals surface area contributed by atoms with E-state index in [2.05, 4.69) is 20.8 Å². The van der Waals surface area contributed by atoms with E-state index in [-0.39, 0.29) is 11.9 Å². The lowest BCUT2D eigenvalue weighted by atomic mass is 10.1. The first-order valence-corrected chi connectivity index (χ1v) is 6.90. The zero-order chi connectivity index (χ0) is 14.1. The van der Waals surface area contributed by atoms with Crippen LogP contribution in [0.25, 0.3) is 11.1 Å². The minimum absolute atomic E-state index is 0.0829. The van der Waals surface area contributed by atoms with Gasteiger partial charge in [0, 0.05) is 18.3 Å². The second-order valence-corrected chi connectivity index (χ2v) is 5.28.